The zero-order chi connectivity index (χ0) is 25.5. The first kappa shape index (κ1) is 25.6. The van der Waals surface area contributed by atoms with Crippen LogP contribution in [0.5, 0.6) is 5.75 Å². The number of rotatable bonds is 10. The predicted molar refractivity (Wildman–Crippen MR) is 141 cm³/mol. The molecule has 4 heteroatoms. The monoisotopic (exact) mass is 488 g/mol. The SMILES string of the molecule is CCCCc1ccc(-c2ccc(COc3ccc(-c4ccc(CCC)cc4)c(F)c3F)cc2)c(F)c1. The molecule has 0 bridgehead atoms. The van der Waals surface area contributed by atoms with Gasteiger partial charge in [0, 0.05) is 11.1 Å². The Balaban J connectivity index is 1.43. The van der Waals surface area contributed by atoms with Gasteiger partial charge in [-0.1, -0.05) is 87.4 Å². The van der Waals surface area contributed by atoms with E-state index < -0.39 is 11.6 Å². The fraction of sp³-hybridized carbons (Fsp3) is 0.250. The molecule has 0 amide bonds. The third-order valence-corrected chi connectivity index (χ3v) is 6.36. The number of benzene rings is 4. The molecule has 0 aliphatic heterocycles. The summed E-state index contributed by atoms with van der Waals surface area (Å²) in [5.74, 6) is -2.32. The minimum atomic E-state index is -1.01. The third kappa shape index (κ3) is 5.99. The van der Waals surface area contributed by atoms with Crippen molar-refractivity contribution in [2.45, 2.75) is 52.6 Å². The quantitative estimate of drug-likeness (QED) is 0.216. The summed E-state index contributed by atoms with van der Waals surface area (Å²) in [5, 5.41) is 0. The van der Waals surface area contributed by atoms with Crippen LogP contribution in [0.3, 0.4) is 0 Å². The minimum Gasteiger partial charge on any atom is -0.486 e. The molecule has 4 aromatic rings. The van der Waals surface area contributed by atoms with Crippen LogP contribution in [0.2, 0.25) is 0 Å². The van der Waals surface area contributed by atoms with Crippen LogP contribution in [0.15, 0.2) is 78.9 Å². The summed E-state index contributed by atoms with van der Waals surface area (Å²) in [7, 11) is 0. The Kier molecular flexibility index (Phi) is 8.48. The molecule has 0 atom stereocenters. The zero-order valence-corrected chi connectivity index (χ0v) is 20.8. The number of aryl methyl sites for hydroxylation is 2. The Morgan fingerprint density at radius 1 is 0.583 bits per heavy atom. The van der Waals surface area contributed by atoms with Gasteiger partial charge in [-0.3, -0.25) is 0 Å². The van der Waals surface area contributed by atoms with Crippen LogP contribution >= 0.6 is 0 Å². The molecule has 0 unspecified atom stereocenters. The van der Waals surface area contributed by atoms with E-state index in [1.807, 2.05) is 48.5 Å². The second-order valence-electron chi connectivity index (χ2n) is 9.09. The van der Waals surface area contributed by atoms with Crippen molar-refractivity contribution in [3.8, 4) is 28.0 Å². The largest absolute Gasteiger partial charge is 0.486 e. The molecule has 36 heavy (non-hydrogen) atoms. The average molecular weight is 489 g/mol. The molecule has 0 N–H and O–H groups in total. The molecule has 0 radical (unpaired) electrons. The van der Waals surface area contributed by atoms with E-state index in [-0.39, 0.29) is 23.7 Å². The van der Waals surface area contributed by atoms with Crippen LogP contribution in [0.25, 0.3) is 22.3 Å². The van der Waals surface area contributed by atoms with Gasteiger partial charge >= 0.3 is 0 Å². The lowest BCUT2D eigenvalue weighted by Gasteiger charge is -2.12. The van der Waals surface area contributed by atoms with Crippen molar-refractivity contribution >= 4 is 0 Å². The molecule has 4 rings (SSSR count). The fourth-order valence-corrected chi connectivity index (χ4v) is 4.28. The Hall–Kier alpha value is -3.53. The molecule has 0 fully saturated rings. The molecule has 0 spiro atoms. The van der Waals surface area contributed by atoms with E-state index in [1.54, 1.807) is 24.3 Å². The van der Waals surface area contributed by atoms with Gasteiger partial charge in [0.2, 0.25) is 5.82 Å². The first-order chi connectivity index (χ1) is 17.5. The van der Waals surface area contributed by atoms with Crippen LogP contribution in [0.1, 0.15) is 49.8 Å². The summed E-state index contributed by atoms with van der Waals surface area (Å²) < 4.78 is 49.8. The van der Waals surface area contributed by atoms with Gasteiger partial charge in [-0.25, -0.2) is 8.78 Å². The van der Waals surface area contributed by atoms with Gasteiger partial charge in [-0.05, 0) is 65.3 Å². The van der Waals surface area contributed by atoms with Crippen molar-refractivity contribution in [2.75, 3.05) is 0 Å². The van der Waals surface area contributed by atoms with Crippen LogP contribution in [-0.4, -0.2) is 0 Å². The normalized spacial score (nSPS) is 11.0. The lowest BCUT2D eigenvalue weighted by Crippen LogP contribution is -2.00. The summed E-state index contributed by atoms with van der Waals surface area (Å²) in [6, 6.07) is 23.1. The van der Waals surface area contributed by atoms with Crippen LogP contribution < -0.4 is 4.74 Å². The summed E-state index contributed by atoms with van der Waals surface area (Å²) in [6.45, 7) is 4.28. The molecule has 0 saturated heterocycles. The maximum atomic E-state index is 14.8. The second kappa shape index (κ2) is 11.9. The highest BCUT2D eigenvalue weighted by Gasteiger charge is 2.16. The maximum Gasteiger partial charge on any atom is 0.201 e. The number of hydrogen-bond donors (Lipinski definition) is 0. The number of ether oxygens (including phenoxy) is 1. The van der Waals surface area contributed by atoms with Crippen molar-refractivity contribution in [3.05, 3.63) is 113 Å². The van der Waals surface area contributed by atoms with Crippen molar-refractivity contribution in [1.29, 1.82) is 0 Å². The first-order valence-electron chi connectivity index (χ1n) is 12.6. The van der Waals surface area contributed by atoms with Gasteiger partial charge in [0.1, 0.15) is 12.4 Å². The molecular weight excluding hydrogens is 457 g/mol. The van der Waals surface area contributed by atoms with E-state index in [1.165, 1.54) is 11.6 Å². The second-order valence-corrected chi connectivity index (χ2v) is 9.09. The van der Waals surface area contributed by atoms with E-state index in [4.69, 9.17) is 4.74 Å². The van der Waals surface area contributed by atoms with E-state index in [9.17, 15) is 13.2 Å². The van der Waals surface area contributed by atoms with Crippen LogP contribution in [-0.2, 0) is 19.4 Å². The van der Waals surface area contributed by atoms with Gasteiger partial charge in [0.25, 0.3) is 0 Å². The molecule has 0 aromatic heterocycles. The molecule has 0 saturated carbocycles. The highest BCUT2D eigenvalue weighted by atomic mass is 19.2. The van der Waals surface area contributed by atoms with Gasteiger partial charge in [-0.15, -0.1) is 0 Å². The molecule has 4 aromatic carbocycles. The van der Waals surface area contributed by atoms with Gasteiger partial charge in [-0.2, -0.15) is 4.39 Å². The molecule has 186 valence electrons. The molecule has 0 aliphatic carbocycles. The zero-order valence-electron chi connectivity index (χ0n) is 20.8. The Labute approximate surface area is 211 Å². The lowest BCUT2D eigenvalue weighted by molar-refractivity contribution is 0.285. The van der Waals surface area contributed by atoms with E-state index in [0.29, 0.717) is 11.1 Å². The molecular formula is C32H31F3O. The van der Waals surface area contributed by atoms with Gasteiger partial charge < -0.3 is 4.74 Å². The Morgan fingerprint density at radius 3 is 1.83 bits per heavy atom. The fourth-order valence-electron chi connectivity index (χ4n) is 4.28. The van der Waals surface area contributed by atoms with Gasteiger partial charge in [0.15, 0.2) is 11.6 Å². The van der Waals surface area contributed by atoms with Crippen molar-refractivity contribution < 1.29 is 17.9 Å². The summed E-state index contributed by atoms with van der Waals surface area (Å²) in [6.07, 6.45) is 4.95. The van der Waals surface area contributed by atoms with E-state index >= 15 is 0 Å². The molecule has 0 heterocycles. The van der Waals surface area contributed by atoms with Gasteiger partial charge in [0.05, 0.1) is 0 Å². The van der Waals surface area contributed by atoms with Crippen molar-refractivity contribution in [2.24, 2.45) is 0 Å². The third-order valence-electron chi connectivity index (χ3n) is 6.36. The predicted octanol–water partition coefficient (Wildman–Crippen LogP) is 9.31. The van der Waals surface area contributed by atoms with Crippen LogP contribution in [0, 0.1) is 17.5 Å². The van der Waals surface area contributed by atoms with E-state index in [0.717, 1.165) is 48.8 Å². The van der Waals surface area contributed by atoms with Crippen molar-refractivity contribution in [1.82, 2.24) is 0 Å². The lowest BCUT2D eigenvalue weighted by atomic mass is 10.00. The Bertz CT molecular complexity index is 1290. The smallest absolute Gasteiger partial charge is 0.201 e. The first-order valence-corrected chi connectivity index (χ1v) is 12.6. The number of hydrogen-bond acceptors (Lipinski definition) is 1. The minimum absolute atomic E-state index is 0.0696. The number of unbranched alkanes of at least 4 members (excludes halogenated alkanes) is 1. The number of halogens is 3. The summed E-state index contributed by atoms with van der Waals surface area (Å²) in [5.41, 5.74) is 5.05. The van der Waals surface area contributed by atoms with Crippen LogP contribution in [0.4, 0.5) is 13.2 Å². The Morgan fingerprint density at radius 2 is 1.19 bits per heavy atom. The summed E-state index contributed by atoms with van der Waals surface area (Å²) in [4.78, 5) is 0. The highest BCUT2D eigenvalue weighted by molar-refractivity contribution is 5.66. The van der Waals surface area contributed by atoms with Crippen molar-refractivity contribution in [3.63, 3.8) is 0 Å². The molecule has 0 aliphatic rings. The topological polar surface area (TPSA) is 9.23 Å². The summed E-state index contributed by atoms with van der Waals surface area (Å²) >= 11 is 0. The maximum absolute atomic E-state index is 14.8. The highest BCUT2D eigenvalue weighted by Crippen LogP contribution is 2.31. The average Bonchev–Trinajstić information content (AvgIpc) is 2.90. The van der Waals surface area contributed by atoms with E-state index in [2.05, 4.69) is 13.8 Å². The molecule has 1 nitrogen and oxygen atoms in total. The standard InChI is InChI=1S/C32H31F3O/c1-3-5-7-23-12-17-27(29(33)20-23)25-15-10-24(11-16-25)21-36-30-19-18-28(31(34)32(30)35)26-13-8-22(6-4-2)9-14-26/h8-20H,3-7,21H2,1-2H3.